The van der Waals surface area contributed by atoms with Crippen molar-refractivity contribution in [2.24, 2.45) is 29.6 Å². The van der Waals surface area contributed by atoms with Gasteiger partial charge in [0, 0.05) is 21.7 Å². The van der Waals surface area contributed by atoms with E-state index >= 15 is 0 Å². The predicted molar refractivity (Wildman–Crippen MR) is 171 cm³/mol. The van der Waals surface area contributed by atoms with Crippen molar-refractivity contribution in [2.45, 2.75) is 29.5 Å². The summed E-state index contributed by atoms with van der Waals surface area (Å²) in [7, 11) is 0. The summed E-state index contributed by atoms with van der Waals surface area (Å²) >= 11 is 2.86. The zero-order valence-electron chi connectivity index (χ0n) is 24.1. The maximum Gasteiger partial charge on any atom is 0.305 e. The Labute approximate surface area is 266 Å². The van der Waals surface area contributed by atoms with Crippen molar-refractivity contribution in [1.29, 1.82) is 0 Å². The number of amides is 3. The first-order valence-electron chi connectivity index (χ1n) is 14.9. The third-order valence-electron chi connectivity index (χ3n) is 9.75. The molecular formula is C34H29N3O6S2. The average molecular weight is 640 g/mol. The summed E-state index contributed by atoms with van der Waals surface area (Å²) in [6.07, 6.45) is 0.806. The molecule has 3 fully saturated rings. The lowest BCUT2D eigenvalue weighted by atomic mass is 9.68. The number of phenols is 1. The van der Waals surface area contributed by atoms with E-state index in [2.05, 4.69) is 10.3 Å². The number of carbonyl (C=O) groups is 3. The van der Waals surface area contributed by atoms with E-state index < -0.39 is 0 Å². The number of aromatic nitrogens is 1. The number of hydrogen-bond acceptors (Lipinski definition) is 8. The van der Waals surface area contributed by atoms with Crippen molar-refractivity contribution in [1.82, 2.24) is 4.98 Å². The minimum absolute atomic E-state index is 0.000381. The Kier molecular flexibility index (Phi) is 6.65. The van der Waals surface area contributed by atoms with Gasteiger partial charge in [-0.05, 0) is 85.2 Å². The van der Waals surface area contributed by atoms with Gasteiger partial charge in [-0.15, -0.1) is 11.8 Å². The minimum atomic E-state index is -0.381. The van der Waals surface area contributed by atoms with Crippen molar-refractivity contribution >= 4 is 52.2 Å². The number of phenolic OH excluding ortho intramolecular Hbond substituents is 1. The number of H-pyrrole nitrogens is 1. The van der Waals surface area contributed by atoms with Crippen LogP contribution in [0.5, 0.6) is 11.5 Å². The van der Waals surface area contributed by atoms with Crippen LogP contribution in [0.4, 0.5) is 11.4 Å². The Balaban J connectivity index is 1.08. The molecule has 0 spiro atoms. The molecule has 3 N–H and O–H groups in total. The number of anilines is 2. The van der Waals surface area contributed by atoms with Crippen LogP contribution in [-0.2, 0) is 14.4 Å². The molecule has 7 atom stereocenters. The molecule has 2 aliphatic carbocycles. The van der Waals surface area contributed by atoms with Crippen molar-refractivity contribution < 1.29 is 24.2 Å². The van der Waals surface area contributed by atoms with Crippen molar-refractivity contribution in [3.63, 3.8) is 0 Å². The van der Waals surface area contributed by atoms with Gasteiger partial charge in [-0.3, -0.25) is 24.1 Å². The topological polar surface area (TPSA) is 129 Å². The van der Waals surface area contributed by atoms with Crippen LogP contribution in [0.3, 0.4) is 0 Å². The Morgan fingerprint density at radius 2 is 1.73 bits per heavy atom. The number of imide groups is 1. The van der Waals surface area contributed by atoms with Gasteiger partial charge in [0.05, 0.1) is 22.5 Å². The van der Waals surface area contributed by atoms with Crippen LogP contribution >= 0.6 is 23.1 Å². The smallest absolute Gasteiger partial charge is 0.305 e. The number of ether oxygens (including phenoxy) is 1. The number of carbonyl (C=O) groups excluding carboxylic acids is 3. The Morgan fingerprint density at radius 3 is 2.49 bits per heavy atom. The van der Waals surface area contributed by atoms with Gasteiger partial charge < -0.3 is 20.1 Å². The number of fused-ring (bicyclic) bond motifs is 9. The van der Waals surface area contributed by atoms with Crippen LogP contribution < -0.4 is 19.8 Å². The zero-order chi connectivity index (χ0) is 31.0. The highest BCUT2D eigenvalue weighted by Gasteiger charge is 2.69. The second-order valence-corrected chi connectivity index (χ2v) is 14.5. The summed E-state index contributed by atoms with van der Waals surface area (Å²) in [5.41, 5.74) is 3.19. The summed E-state index contributed by atoms with van der Waals surface area (Å²) in [5, 5.41) is 13.1. The molecule has 9 nitrogen and oxygen atoms in total. The number of nitrogens with one attached hydrogen (secondary N) is 2. The Morgan fingerprint density at radius 1 is 1.00 bits per heavy atom. The van der Waals surface area contributed by atoms with E-state index in [-0.39, 0.29) is 75.7 Å². The maximum atomic E-state index is 14.0. The third-order valence-corrected chi connectivity index (χ3v) is 12.3. The quantitative estimate of drug-likeness (QED) is 0.197. The first-order valence-corrected chi connectivity index (χ1v) is 16.6. The molecule has 3 amide bonds. The van der Waals surface area contributed by atoms with Gasteiger partial charge >= 0.3 is 4.87 Å². The molecule has 2 bridgehead atoms. The second-order valence-electron chi connectivity index (χ2n) is 12.3. The van der Waals surface area contributed by atoms with Crippen molar-refractivity contribution in [3.05, 3.63) is 98.5 Å². The van der Waals surface area contributed by atoms with Gasteiger partial charge in [-0.25, -0.2) is 0 Å². The number of aromatic hydroxyl groups is 1. The minimum Gasteiger partial charge on any atom is -0.508 e. The van der Waals surface area contributed by atoms with Crippen molar-refractivity contribution in [3.8, 4) is 11.5 Å². The van der Waals surface area contributed by atoms with Gasteiger partial charge in [0.2, 0.25) is 11.8 Å². The molecule has 3 aromatic carbocycles. The molecule has 3 heterocycles. The molecule has 2 saturated carbocycles. The van der Waals surface area contributed by atoms with Crippen LogP contribution in [0.2, 0.25) is 0 Å². The van der Waals surface area contributed by atoms with Gasteiger partial charge in [0.1, 0.15) is 11.5 Å². The first kappa shape index (κ1) is 28.1. The summed E-state index contributed by atoms with van der Waals surface area (Å²) in [5.74, 6) is -0.738. The van der Waals surface area contributed by atoms with E-state index in [0.29, 0.717) is 17.1 Å². The van der Waals surface area contributed by atoms with E-state index in [1.807, 2.05) is 49.4 Å². The molecular weight excluding hydrogens is 611 g/mol. The van der Waals surface area contributed by atoms with Gasteiger partial charge in [-0.1, -0.05) is 41.2 Å². The summed E-state index contributed by atoms with van der Waals surface area (Å²) in [6, 6.07) is 21.3. The lowest BCUT2D eigenvalue weighted by Gasteiger charge is -2.43. The van der Waals surface area contributed by atoms with E-state index in [4.69, 9.17) is 4.74 Å². The SMILES string of the molecule is Cc1ccc(N2C(=O)C3C4CC(C3C2=O)C2C4Sc3[nH]c(=O)sc3[C@@H]2c2cccc(OCC(=O)Nc3ccc(O)cc3)c2)cc1. The van der Waals surface area contributed by atoms with Gasteiger partial charge in [-0.2, -0.15) is 0 Å². The summed E-state index contributed by atoms with van der Waals surface area (Å²) in [4.78, 5) is 58.2. The molecule has 1 aromatic heterocycles. The molecule has 4 aliphatic rings. The molecule has 4 aromatic rings. The monoisotopic (exact) mass is 639 g/mol. The van der Waals surface area contributed by atoms with Crippen LogP contribution in [0, 0.1) is 36.5 Å². The number of nitrogens with zero attached hydrogens (tertiary/aromatic N) is 1. The van der Waals surface area contributed by atoms with Gasteiger partial charge in [0.25, 0.3) is 5.91 Å². The average Bonchev–Trinajstić information content (AvgIpc) is 3.77. The number of thioether (sulfide) groups is 1. The Bertz CT molecular complexity index is 1900. The molecule has 0 radical (unpaired) electrons. The predicted octanol–water partition coefficient (Wildman–Crippen LogP) is 5.15. The summed E-state index contributed by atoms with van der Waals surface area (Å²) < 4.78 is 5.90. The molecule has 6 unspecified atom stereocenters. The van der Waals surface area contributed by atoms with Crippen LogP contribution in [0.1, 0.15) is 28.3 Å². The fraction of sp³-hybridized carbons (Fsp3) is 0.294. The number of aryl methyl sites for hydroxylation is 1. The number of benzene rings is 3. The van der Waals surface area contributed by atoms with Crippen molar-refractivity contribution in [2.75, 3.05) is 16.8 Å². The summed E-state index contributed by atoms with van der Waals surface area (Å²) in [6.45, 7) is 1.77. The van der Waals surface area contributed by atoms with E-state index in [1.165, 1.54) is 28.4 Å². The maximum absolute atomic E-state index is 14.0. The molecule has 228 valence electrons. The fourth-order valence-corrected chi connectivity index (χ4v) is 10.9. The fourth-order valence-electron chi connectivity index (χ4n) is 8.03. The molecule has 8 rings (SSSR count). The standard InChI is InChI=1S/C34H29N3O6S2/c1-16-5-9-19(10-6-16)37-32(40)27-22-14-23(28(27)33(37)41)29-26(22)25(30-31(44-29)36-34(42)45-30)17-3-2-4-21(13-17)43-15-24(39)35-18-7-11-20(38)12-8-18/h2-13,22-23,25-29,38H,14-15H2,1H3,(H,35,39)(H,36,42)/t22?,23?,25-,26?,27?,28?,29?/m1/s1. The number of aromatic amines is 1. The lowest BCUT2D eigenvalue weighted by Crippen LogP contribution is -2.42. The van der Waals surface area contributed by atoms with E-state index in [9.17, 15) is 24.3 Å². The van der Waals surface area contributed by atoms with Crippen LogP contribution in [-0.4, -0.2) is 39.7 Å². The third kappa shape index (κ3) is 4.59. The van der Waals surface area contributed by atoms with E-state index in [1.54, 1.807) is 30.0 Å². The largest absolute Gasteiger partial charge is 0.508 e. The van der Waals surface area contributed by atoms with Crippen LogP contribution in [0.25, 0.3) is 0 Å². The number of thiazole rings is 1. The number of rotatable bonds is 6. The first-order chi connectivity index (χ1) is 21.8. The van der Waals surface area contributed by atoms with Gasteiger partial charge in [0.15, 0.2) is 6.61 Å². The highest BCUT2D eigenvalue weighted by Crippen LogP contribution is 2.68. The second kappa shape index (κ2) is 10.6. The number of hydrogen-bond donors (Lipinski definition) is 3. The molecule has 1 saturated heterocycles. The molecule has 45 heavy (non-hydrogen) atoms. The Hall–Kier alpha value is -4.35. The zero-order valence-corrected chi connectivity index (χ0v) is 25.8. The molecule has 11 heteroatoms. The highest BCUT2D eigenvalue weighted by atomic mass is 32.2. The lowest BCUT2D eigenvalue weighted by molar-refractivity contribution is -0.123. The highest BCUT2D eigenvalue weighted by molar-refractivity contribution is 8.00. The van der Waals surface area contributed by atoms with Crippen LogP contribution in [0.15, 0.2) is 82.6 Å². The normalized spacial score (nSPS) is 27.7. The molecule has 2 aliphatic heterocycles. The van der Waals surface area contributed by atoms with E-state index in [0.717, 1.165) is 27.5 Å².